The summed E-state index contributed by atoms with van der Waals surface area (Å²) in [5.41, 5.74) is 0.411. The molecule has 0 saturated carbocycles. The molecule has 0 aliphatic rings. The molecule has 0 atom stereocenters. The van der Waals surface area contributed by atoms with Gasteiger partial charge in [-0.3, -0.25) is 0 Å². The van der Waals surface area contributed by atoms with Crippen molar-refractivity contribution in [2.75, 3.05) is 14.1 Å². The molecular formula is C36H75N. The number of hydrogen-bond acceptors (Lipinski definition) is 1. The molecule has 1 heteroatoms. The lowest BCUT2D eigenvalue weighted by Crippen LogP contribution is -2.41. The van der Waals surface area contributed by atoms with Gasteiger partial charge < -0.3 is 4.90 Å². The SMILES string of the molecule is CCCCCCCCCCCCCCCCC(C)(CCCCCCCCCCCCCCCC)N(C)C. The van der Waals surface area contributed by atoms with Crippen LogP contribution in [0.5, 0.6) is 0 Å². The standard InChI is InChI=1S/C36H75N/c1-6-8-10-12-14-16-18-20-22-24-26-28-30-32-34-36(3,37(4)5)35-33-31-29-27-25-23-21-19-17-15-13-11-9-7-2/h6-35H2,1-5H3. The molecule has 0 aromatic rings. The van der Waals surface area contributed by atoms with E-state index in [0.29, 0.717) is 5.54 Å². The Kier molecular flexibility index (Phi) is 28.9. The van der Waals surface area contributed by atoms with Crippen LogP contribution in [0, 0.1) is 0 Å². The molecule has 0 heterocycles. The second-order valence-electron chi connectivity index (χ2n) is 13.1. The third kappa shape index (κ3) is 26.0. The Morgan fingerprint density at radius 1 is 0.324 bits per heavy atom. The minimum Gasteiger partial charge on any atom is -0.304 e. The fourth-order valence-electron chi connectivity index (χ4n) is 5.97. The van der Waals surface area contributed by atoms with Crippen molar-refractivity contribution in [2.45, 2.75) is 219 Å². The van der Waals surface area contributed by atoms with Crippen LogP contribution in [-0.2, 0) is 0 Å². The quantitative estimate of drug-likeness (QED) is 0.0820. The smallest absolute Gasteiger partial charge is 0.0175 e. The second kappa shape index (κ2) is 29.0. The van der Waals surface area contributed by atoms with Gasteiger partial charge in [-0.2, -0.15) is 0 Å². The molecular weight excluding hydrogens is 446 g/mol. The fraction of sp³-hybridized carbons (Fsp3) is 1.00. The van der Waals surface area contributed by atoms with Gasteiger partial charge in [-0.1, -0.05) is 194 Å². The number of unbranched alkanes of at least 4 members (excludes halogenated alkanes) is 26. The average molecular weight is 522 g/mol. The van der Waals surface area contributed by atoms with Crippen molar-refractivity contribution in [3.05, 3.63) is 0 Å². The van der Waals surface area contributed by atoms with Gasteiger partial charge in [0.1, 0.15) is 0 Å². The monoisotopic (exact) mass is 522 g/mol. The van der Waals surface area contributed by atoms with E-state index in [1.165, 1.54) is 193 Å². The van der Waals surface area contributed by atoms with E-state index in [1.807, 2.05) is 0 Å². The highest BCUT2D eigenvalue weighted by Gasteiger charge is 2.25. The van der Waals surface area contributed by atoms with Gasteiger partial charge in [0.2, 0.25) is 0 Å². The molecule has 1 nitrogen and oxygen atoms in total. The maximum atomic E-state index is 2.53. The zero-order valence-electron chi connectivity index (χ0n) is 27.2. The molecule has 0 aliphatic heterocycles. The maximum Gasteiger partial charge on any atom is 0.0175 e. The van der Waals surface area contributed by atoms with Crippen molar-refractivity contribution >= 4 is 0 Å². The van der Waals surface area contributed by atoms with E-state index in [1.54, 1.807) is 0 Å². The minimum absolute atomic E-state index is 0.411. The summed E-state index contributed by atoms with van der Waals surface area (Å²) in [6, 6.07) is 0. The van der Waals surface area contributed by atoms with Crippen molar-refractivity contribution in [2.24, 2.45) is 0 Å². The van der Waals surface area contributed by atoms with Gasteiger partial charge in [-0.15, -0.1) is 0 Å². The first-order valence-electron chi connectivity index (χ1n) is 17.7. The van der Waals surface area contributed by atoms with Crippen LogP contribution in [0.3, 0.4) is 0 Å². The Hall–Kier alpha value is -0.0400. The fourth-order valence-corrected chi connectivity index (χ4v) is 5.97. The summed E-state index contributed by atoms with van der Waals surface area (Å²) in [6.45, 7) is 7.14. The summed E-state index contributed by atoms with van der Waals surface area (Å²) in [5, 5.41) is 0. The molecule has 0 spiro atoms. The molecule has 0 aromatic heterocycles. The molecule has 224 valence electrons. The lowest BCUT2D eigenvalue weighted by atomic mass is 9.87. The van der Waals surface area contributed by atoms with Gasteiger partial charge in [-0.25, -0.2) is 0 Å². The van der Waals surface area contributed by atoms with E-state index in [0.717, 1.165) is 0 Å². The first-order valence-corrected chi connectivity index (χ1v) is 17.7. The van der Waals surface area contributed by atoms with Crippen LogP contribution >= 0.6 is 0 Å². The van der Waals surface area contributed by atoms with Crippen molar-refractivity contribution in [1.82, 2.24) is 4.90 Å². The number of nitrogens with zero attached hydrogens (tertiary/aromatic N) is 1. The van der Waals surface area contributed by atoms with Gasteiger partial charge in [0.15, 0.2) is 0 Å². The molecule has 0 rings (SSSR count). The van der Waals surface area contributed by atoms with E-state index < -0.39 is 0 Å². The lowest BCUT2D eigenvalue weighted by molar-refractivity contribution is 0.139. The summed E-state index contributed by atoms with van der Waals surface area (Å²) >= 11 is 0. The summed E-state index contributed by atoms with van der Waals surface area (Å²) in [5.74, 6) is 0. The van der Waals surface area contributed by atoms with Crippen LogP contribution in [0.1, 0.15) is 213 Å². The highest BCUT2D eigenvalue weighted by atomic mass is 15.1. The lowest BCUT2D eigenvalue weighted by Gasteiger charge is -2.37. The Bertz CT molecular complexity index is 383. The Morgan fingerprint density at radius 2 is 0.514 bits per heavy atom. The van der Waals surface area contributed by atoms with Crippen LogP contribution in [0.25, 0.3) is 0 Å². The van der Waals surface area contributed by atoms with Gasteiger partial charge in [-0.05, 0) is 33.9 Å². The van der Waals surface area contributed by atoms with Crippen molar-refractivity contribution in [3.8, 4) is 0 Å². The third-order valence-electron chi connectivity index (χ3n) is 9.22. The molecule has 0 amide bonds. The van der Waals surface area contributed by atoms with Crippen LogP contribution < -0.4 is 0 Å². The van der Waals surface area contributed by atoms with Crippen LogP contribution in [0.2, 0.25) is 0 Å². The summed E-state index contributed by atoms with van der Waals surface area (Å²) < 4.78 is 0. The topological polar surface area (TPSA) is 3.24 Å². The van der Waals surface area contributed by atoms with Gasteiger partial charge in [0.05, 0.1) is 0 Å². The van der Waals surface area contributed by atoms with Gasteiger partial charge in [0.25, 0.3) is 0 Å². The predicted octanol–water partition coefficient (Wildman–Crippen LogP) is 13.0. The van der Waals surface area contributed by atoms with E-state index in [4.69, 9.17) is 0 Å². The predicted molar refractivity (Wildman–Crippen MR) is 172 cm³/mol. The molecule has 0 N–H and O–H groups in total. The van der Waals surface area contributed by atoms with Crippen LogP contribution in [0.15, 0.2) is 0 Å². The second-order valence-corrected chi connectivity index (χ2v) is 13.1. The molecule has 0 aliphatic carbocycles. The molecule has 0 aromatic carbocycles. The van der Waals surface area contributed by atoms with Crippen LogP contribution in [-0.4, -0.2) is 24.5 Å². The highest BCUT2D eigenvalue weighted by molar-refractivity contribution is 4.82. The average Bonchev–Trinajstić information content (AvgIpc) is 2.89. The maximum absolute atomic E-state index is 2.53. The minimum atomic E-state index is 0.411. The van der Waals surface area contributed by atoms with E-state index >= 15 is 0 Å². The number of rotatable bonds is 31. The van der Waals surface area contributed by atoms with Crippen molar-refractivity contribution in [3.63, 3.8) is 0 Å². The first-order chi connectivity index (χ1) is 18.1. The normalized spacial score (nSPS) is 12.2. The molecule has 37 heavy (non-hydrogen) atoms. The number of hydrogen-bond donors (Lipinski definition) is 0. The highest BCUT2D eigenvalue weighted by Crippen LogP contribution is 2.27. The summed E-state index contributed by atoms with van der Waals surface area (Å²) in [7, 11) is 4.63. The molecule has 0 bridgehead atoms. The van der Waals surface area contributed by atoms with Crippen molar-refractivity contribution < 1.29 is 0 Å². The van der Waals surface area contributed by atoms with Crippen molar-refractivity contribution in [1.29, 1.82) is 0 Å². The van der Waals surface area contributed by atoms with E-state index in [9.17, 15) is 0 Å². The van der Waals surface area contributed by atoms with E-state index in [-0.39, 0.29) is 0 Å². The molecule has 0 radical (unpaired) electrons. The Balaban J connectivity index is 3.54. The Labute approximate surface area is 237 Å². The molecule has 0 fully saturated rings. The largest absolute Gasteiger partial charge is 0.304 e. The van der Waals surface area contributed by atoms with Crippen LogP contribution in [0.4, 0.5) is 0 Å². The van der Waals surface area contributed by atoms with E-state index in [2.05, 4.69) is 39.8 Å². The third-order valence-corrected chi connectivity index (χ3v) is 9.22. The zero-order valence-corrected chi connectivity index (χ0v) is 27.2. The Morgan fingerprint density at radius 3 is 0.703 bits per heavy atom. The van der Waals surface area contributed by atoms with Gasteiger partial charge in [0, 0.05) is 5.54 Å². The molecule has 0 unspecified atom stereocenters. The summed E-state index contributed by atoms with van der Waals surface area (Å²) in [6.07, 6.45) is 43.5. The first kappa shape index (κ1) is 37.0. The summed E-state index contributed by atoms with van der Waals surface area (Å²) in [4.78, 5) is 2.53. The van der Waals surface area contributed by atoms with Gasteiger partial charge >= 0.3 is 0 Å². The zero-order chi connectivity index (χ0) is 27.3. The molecule has 0 saturated heterocycles.